The monoisotopic (exact) mass is 344 g/mol. The van der Waals surface area contributed by atoms with Crippen molar-refractivity contribution in [2.45, 2.75) is 32.4 Å². The molecule has 0 unspecified atom stereocenters. The van der Waals surface area contributed by atoms with Gasteiger partial charge in [-0.25, -0.2) is 4.98 Å². The Balaban J connectivity index is 1.56. The van der Waals surface area contributed by atoms with Crippen LogP contribution in [0.5, 0.6) is 17.4 Å². The highest BCUT2D eigenvalue weighted by molar-refractivity contribution is 7.99. The molecule has 0 bridgehead atoms. The van der Waals surface area contributed by atoms with Gasteiger partial charge in [0.25, 0.3) is 0 Å². The second-order valence-electron chi connectivity index (χ2n) is 5.78. The molecule has 128 valence electrons. The lowest BCUT2D eigenvalue weighted by atomic mass is 10.1. The summed E-state index contributed by atoms with van der Waals surface area (Å²) >= 11 is 2.05. The maximum absolute atomic E-state index is 5.85. The average molecular weight is 344 g/mol. The number of pyridine rings is 1. The third-order valence-electron chi connectivity index (χ3n) is 3.97. The molecule has 0 aliphatic carbocycles. The number of thioether (sulfide) groups is 1. The lowest BCUT2D eigenvalue weighted by molar-refractivity contribution is 0.339. The molecule has 1 N–H and O–H groups in total. The van der Waals surface area contributed by atoms with Gasteiger partial charge in [-0.15, -0.1) is 0 Å². The van der Waals surface area contributed by atoms with Gasteiger partial charge in [0.05, 0.1) is 6.61 Å². The van der Waals surface area contributed by atoms with Crippen molar-refractivity contribution in [3.05, 3.63) is 48.2 Å². The van der Waals surface area contributed by atoms with Crippen LogP contribution in [0.15, 0.2) is 42.6 Å². The number of benzene rings is 1. The van der Waals surface area contributed by atoms with Crippen molar-refractivity contribution >= 4 is 11.8 Å². The van der Waals surface area contributed by atoms with Crippen molar-refractivity contribution in [2.24, 2.45) is 0 Å². The second-order valence-corrected chi connectivity index (χ2v) is 7.00. The van der Waals surface area contributed by atoms with Crippen molar-refractivity contribution < 1.29 is 9.47 Å². The van der Waals surface area contributed by atoms with Gasteiger partial charge in [-0.2, -0.15) is 11.8 Å². The van der Waals surface area contributed by atoms with Gasteiger partial charge < -0.3 is 14.8 Å². The molecule has 2 aromatic rings. The van der Waals surface area contributed by atoms with E-state index < -0.39 is 0 Å². The van der Waals surface area contributed by atoms with E-state index in [2.05, 4.69) is 10.3 Å². The molecule has 0 spiro atoms. The quantitative estimate of drug-likeness (QED) is 0.813. The van der Waals surface area contributed by atoms with Crippen molar-refractivity contribution in [3.8, 4) is 17.4 Å². The van der Waals surface area contributed by atoms with E-state index in [0.717, 1.165) is 18.0 Å². The highest BCUT2D eigenvalue weighted by Gasteiger charge is 2.12. The molecule has 2 heterocycles. The van der Waals surface area contributed by atoms with Crippen LogP contribution in [0.3, 0.4) is 0 Å². The topological polar surface area (TPSA) is 43.4 Å². The van der Waals surface area contributed by atoms with Crippen LogP contribution >= 0.6 is 11.8 Å². The molecule has 3 rings (SSSR count). The molecule has 1 saturated heterocycles. The smallest absolute Gasteiger partial charge is 0.219 e. The molecule has 1 aromatic heterocycles. The SMILES string of the molecule is CCOc1ccc(Oc2cc(CNC3CCSCC3)ccn2)cc1. The van der Waals surface area contributed by atoms with Crippen LogP contribution in [0, 0.1) is 0 Å². The van der Waals surface area contributed by atoms with Crippen LogP contribution in [0.4, 0.5) is 0 Å². The lowest BCUT2D eigenvalue weighted by Crippen LogP contribution is -2.32. The second kappa shape index (κ2) is 8.94. The number of hydrogen-bond donors (Lipinski definition) is 1. The molecule has 0 amide bonds. The highest BCUT2D eigenvalue weighted by atomic mass is 32.2. The van der Waals surface area contributed by atoms with E-state index in [4.69, 9.17) is 9.47 Å². The van der Waals surface area contributed by atoms with E-state index >= 15 is 0 Å². The number of hydrogen-bond acceptors (Lipinski definition) is 5. The minimum absolute atomic E-state index is 0.623. The molecule has 24 heavy (non-hydrogen) atoms. The van der Waals surface area contributed by atoms with E-state index in [-0.39, 0.29) is 0 Å². The van der Waals surface area contributed by atoms with Gasteiger partial charge >= 0.3 is 0 Å². The van der Waals surface area contributed by atoms with Crippen molar-refractivity contribution in [2.75, 3.05) is 18.1 Å². The molecular formula is C19H24N2O2S. The van der Waals surface area contributed by atoms with Gasteiger partial charge in [0.15, 0.2) is 0 Å². The van der Waals surface area contributed by atoms with E-state index in [1.54, 1.807) is 6.20 Å². The number of aromatic nitrogens is 1. The molecule has 1 aromatic carbocycles. The molecule has 1 aliphatic rings. The van der Waals surface area contributed by atoms with Crippen LogP contribution in [0.25, 0.3) is 0 Å². The zero-order chi connectivity index (χ0) is 16.6. The minimum Gasteiger partial charge on any atom is -0.494 e. The lowest BCUT2D eigenvalue weighted by Gasteiger charge is -2.22. The van der Waals surface area contributed by atoms with Crippen LogP contribution in [-0.2, 0) is 6.54 Å². The molecule has 0 radical (unpaired) electrons. The Morgan fingerprint density at radius 3 is 2.62 bits per heavy atom. The summed E-state index contributed by atoms with van der Waals surface area (Å²) in [5.74, 6) is 4.76. The number of nitrogens with zero attached hydrogens (tertiary/aromatic N) is 1. The summed E-state index contributed by atoms with van der Waals surface area (Å²) in [6.45, 7) is 3.49. The first kappa shape index (κ1) is 17.1. The summed E-state index contributed by atoms with van der Waals surface area (Å²) in [7, 11) is 0. The van der Waals surface area contributed by atoms with Crippen molar-refractivity contribution in [3.63, 3.8) is 0 Å². The van der Waals surface area contributed by atoms with Crippen molar-refractivity contribution in [1.82, 2.24) is 10.3 Å². The minimum atomic E-state index is 0.623. The first-order valence-corrected chi connectivity index (χ1v) is 9.66. The Bertz CT molecular complexity index is 628. The fourth-order valence-electron chi connectivity index (χ4n) is 2.67. The van der Waals surface area contributed by atoms with Crippen LogP contribution in [0.2, 0.25) is 0 Å². The summed E-state index contributed by atoms with van der Waals surface area (Å²) in [6, 6.07) is 12.3. The first-order chi connectivity index (χ1) is 11.8. The third kappa shape index (κ3) is 5.14. The Hall–Kier alpha value is -1.72. The Morgan fingerprint density at radius 2 is 1.88 bits per heavy atom. The first-order valence-electron chi connectivity index (χ1n) is 8.50. The zero-order valence-electron chi connectivity index (χ0n) is 14.0. The van der Waals surface area contributed by atoms with Gasteiger partial charge in [0, 0.05) is 24.8 Å². The zero-order valence-corrected chi connectivity index (χ0v) is 14.8. The Morgan fingerprint density at radius 1 is 1.12 bits per heavy atom. The molecule has 0 saturated carbocycles. The Labute approximate surface area is 148 Å². The van der Waals surface area contributed by atoms with Crippen LogP contribution < -0.4 is 14.8 Å². The average Bonchev–Trinajstić information content (AvgIpc) is 2.63. The maximum atomic E-state index is 5.85. The van der Waals surface area contributed by atoms with E-state index in [1.165, 1.54) is 29.9 Å². The Kier molecular flexibility index (Phi) is 6.38. The van der Waals surface area contributed by atoms with Crippen LogP contribution in [0.1, 0.15) is 25.3 Å². The summed E-state index contributed by atoms with van der Waals surface area (Å²) in [4.78, 5) is 4.30. The van der Waals surface area contributed by atoms with Crippen molar-refractivity contribution in [1.29, 1.82) is 0 Å². The molecular weight excluding hydrogens is 320 g/mol. The summed E-state index contributed by atoms with van der Waals surface area (Å²) in [6.07, 6.45) is 4.31. The predicted molar refractivity (Wildman–Crippen MR) is 99.1 cm³/mol. The predicted octanol–water partition coefficient (Wildman–Crippen LogP) is 4.26. The fourth-order valence-corrected chi connectivity index (χ4v) is 3.78. The molecule has 4 nitrogen and oxygen atoms in total. The maximum Gasteiger partial charge on any atom is 0.219 e. The molecule has 1 fully saturated rings. The standard InChI is InChI=1S/C19H24N2O2S/c1-2-22-17-3-5-18(6-4-17)23-19-13-15(7-10-20-19)14-21-16-8-11-24-12-9-16/h3-7,10,13,16,21H,2,8-9,11-12,14H2,1H3. The van der Waals surface area contributed by atoms with E-state index in [9.17, 15) is 0 Å². The fraction of sp³-hybridized carbons (Fsp3) is 0.421. The van der Waals surface area contributed by atoms with Gasteiger partial charge in [-0.05, 0) is 67.2 Å². The normalized spacial score (nSPS) is 15.2. The summed E-state index contributed by atoms with van der Waals surface area (Å²) in [5, 5.41) is 3.64. The molecule has 0 atom stereocenters. The molecule has 1 aliphatic heterocycles. The summed E-state index contributed by atoms with van der Waals surface area (Å²) in [5.41, 5.74) is 1.20. The van der Waals surface area contributed by atoms with Crippen LogP contribution in [-0.4, -0.2) is 29.1 Å². The van der Waals surface area contributed by atoms with Gasteiger partial charge in [-0.1, -0.05) is 0 Å². The number of ether oxygens (including phenoxy) is 2. The van der Waals surface area contributed by atoms with Gasteiger partial charge in [0.1, 0.15) is 11.5 Å². The largest absolute Gasteiger partial charge is 0.494 e. The summed E-state index contributed by atoms with van der Waals surface area (Å²) < 4.78 is 11.3. The van der Waals surface area contributed by atoms with E-state index in [1.807, 2.05) is 55.1 Å². The highest BCUT2D eigenvalue weighted by Crippen LogP contribution is 2.23. The molecule has 5 heteroatoms. The van der Waals surface area contributed by atoms with Gasteiger partial charge in [-0.3, -0.25) is 0 Å². The van der Waals surface area contributed by atoms with Gasteiger partial charge in [0.2, 0.25) is 5.88 Å². The van der Waals surface area contributed by atoms with E-state index in [0.29, 0.717) is 18.5 Å². The number of nitrogens with one attached hydrogen (secondary N) is 1. The third-order valence-corrected chi connectivity index (χ3v) is 5.02. The number of rotatable bonds is 7.